The molecule has 15 heavy (non-hydrogen) atoms. The summed E-state index contributed by atoms with van der Waals surface area (Å²) in [4.78, 5) is 0. The average molecular weight is 205 g/mol. The monoisotopic (exact) mass is 205 g/mol. The summed E-state index contributed by atoms with van der Waals surface area (Å²) >= 11 is 0. The van der Waals surface area contributed by atoms with Crippen molar-refractivity contribution in [1.29, 1.82) is 0 Å². The van der Waals surface area contributed by atoms with Crippen LogP contribution >= 0.6 is 0 Å². The third kappa shape index (κ3) is 4.68. The van der Waals surface area contributed by atoms with E-state index < -0.39 is 0 Å². The molecular formula is C14H23N. The highest BCUT2D eigenvalue weighted by Crippen LogP contribution is 2.10. The number of rotatable bonds is 4. The molecule has 1 heteroatoms. The van der Waals surface area contributed by atoms with Crippen molar-refractivity contribution < 1.29 is 0 Å². The maximum Gasteiger partial charge on any atom is 0.0340 e. The van der Waals surface area contributed by atoms with E-state index in [1.54, 1.807) is 0 Å². The molecule has 0 spiro atoms. The van der Waals surface area contributed by atoms with E-state index in [4.69, 9.17) is 0 Å². The third-order valence-corrected chi connectivity index (χ3v) is 2.10. The van der Waals surface area contributed by atoms with Gasteiger partial charge in [-0.1, -0.05) is 51.6 Å². The summed E-state index contributed by atoms with van der Waals surface area (Å²) < 4.78 is 0. The fourth-order valence-corrected chi connectivity index (χ4v) is 1.26. The summed E-state index contributed by atoms with van der Waals surface area (Å²) in [5, 5.41) is 3.20. The Kier molecular flexibility index (Phi) is 7.43. The highest BCUT2D eigenvalue weighted by Gasteiger charge is 1.96. The second kappa shape index (κ2) is 8.10. The maximum absolute atomic E-state index is 3.96. The average Bonchev–Trinajstić information content (AvgIpc) is 2.32. The highest BCUT2D eigenvalue weighted by atomic mass is 14.9. The molecule has 1 rings (SSSR count). The van der Waals surface area contributed by atoms with Crippen LogP contribution in [-0.2, 0) is 6.42 Å². The number of hydrogen-bond donors (Lipinski definition) is 1. The number of nitrogens with one attached hydrogen (secondary N) is 1. The van der Waals surface area contributed by atoms with Gasteiger partial charge in [-0.3, -0.25) is 0 Å². The Bertz CT molecular complexity index is 272. The molecule has 0 aromatic heterocycles. The van der Waals surface area contributed by atoms with Gasteiger partial charge in [0.05, 0.1) is 0 Å². The molecule has 0 aliphatic rings. The lowest BCUT2D eigenvalue weighted by molar-refractivity contribution is 0.942. The Morgan fingerprint density at radius 1 is 1.13 bits per heavy atom. The number of hydrogen-bond acceptors (Lipinski definition) is 1. The van der Waals surface area contributed by atoms with Gasteiger partial charge in [-0.2, -0.15) is 0 Å². The topological polar surface area (TPSA) is 12.0 Å². The molecule has 1 aromatic carbocycles. The zero-order valence-electron chi connectivity index (χ0n) is 10.4. The van der Waals surface area contributed by atoms with Crippen LogP contribution in [0, 0.1) is 0 Å². The van der Waals surface area contributed by atoms with Crippen LogP contribution < -0.4 is 5.32 Å². The number of benzene rings is 1. The highest BCUT2D eigenvalue weighted by molar-refractivity contribution is 5.61. The molecule has 0 amide bonds. The second-order valence-corrected chi connectivity index (χ2v) is 3.06. The van der Waals surface area contributed by atoms with Gasteiger partial charge in [-0.15, -0.1) is 0 Å². The van der Waals surface area contributed by atoms with Crippen LogP contribution in [0.5, 0.6) is 0 Å². The molecule has 0 radical (unpaired) electrons. The Morgan fingerprint density at radius 2 is 1.67 bits per heavy atom. The van der Waals surface area contributed by atoms with Crippen LogP contribution in [0.1, 0.15) is 38.8 Å². The molecule has 0 saturated carbocycles. The van der Waals surface area contributed by atoms with Crippen molar-refractivity contribution in [2.45, 2.75) is 34.1 Å². The minimum absolute atomic E-state index is 0.925. The van der Waals surface area contributed by atoms with Crippen molar-refractivity contribution in [2.24, 2.45) is 0 Å². The molecule has 0 fully saturated rings. The van der Waals surface area contributed by atoms with Crippen LogP contribution in [0.3, 0.4) is 0 Å². The van der Waals surface area contributed by atoms with E-state index in [-0.39, 0.29) is 0 Å². The lowest BCUT2D eigenvalue weighted by Crippen LogP contribution is -2.09. The SMILES string of the molecule is C=C(NCC)c1ccc(CC)cc1.CC. The first-order chi connectivity index (χ1) is 7.27. The first-order valence-corrected chi connectivity index (χ1v) is 5.80. The first kappa shape index (κ1) is 13.8. The van der Waals surface area contributed by atoms with Crippen molar-refractivity contribution in [3.05, 3.63) is 42.0 Å². The van der Waals surface area contributed by atoms with Gasteiger partial charge in [0.1, 0.15) is 0 Å². The Labute approximate surface area is 94.2 Å². The molecule has 0 aliphatic carbocycles. The Hall–Kier alpha value is -1.24. The van der Waals surface area contributed by atoms with Crippen molar-refractivity contribution in [3.63, 3.8) is 0 Å². The first-order valence-electron chi connectivity index (χ1n) is 5.80. The summed E-state index contributed by atoms with van der Waals surface area (Å²) in [6.07, 6.45) is 1.09. The molecule has 0 heterocycles. The van der Waals surface area contributed by atoms with E-state index in [1.165, 1.54) is 11.1 Å². The summed E-state index contributed by atoms with van der Waals surface area (Å²) in [5.41, 5.74) is 3.55. The molecule has 1 aromatic rings. The van der Waals surface area contributed by atoms with E-state index in [0.29, 0.717) is 0 Å². The molecule has 0 unspecified atom stereocenters. The van der Waals surface area contributed by atoms with Gasteiger partial charge in [0.2, 0.25) is 0 Å². The zero-order valence-corrected chi connectivity index (χ0v) is 10.4. The van der Waals surface area contributed by atoms with Gasteiger partial charge in [0.15, 0.2) is 0 Å². The Balaban J connectivity index is 0.000000921. The van der Waals surface area contributed by atoms with Gasteiger partial charge in [0, 0.05) is 12.2 Å². The van der Waals surface area contributed by atoms with Crippen LogP contribution in [0.25, 0.3) is 5.70 Å². The normalized spacial score (nSPS) is 8.80. The lowest BCUT2D eigenvalue weighted by Gasteiger charge is -2.07. The largest absolute Gasteiger partial charge is 0.385 e. The van der Waals surface area contributed by atoms with Gasteiger partial charge >= 0.3 is 0 Å². The fraction of sp³-hybridized carbons (Fsp3) is 0.429. The van der Waals surface area contributed by atoms with E-state index in [1.807, 2.05) is 13.8 Å². The predicted molar refractivity (Wildman–Crippen MR) is 69.9 cm³/mol. The van der Waals surface area contributed by atoms with Crippen molar-refractivity contribution >= 4 is 5.70 Å². The minimum atomic E-state index is 0.925. The fourth-order valence-electron chi connectivity index (χ4n) is 1.26. The van der Waals surface area contributed by atoms with Gasteiger partial charge < -0.3 is 5.32 Å². The third-order valence-electron chi connectivity index (χ3n) is 2.10. The van der Waals surface area contributed by atoms with Crippen LogP contribution in [0.4, 0.5) is 0 Å². The standard InChI is InChI=1S/C12H17N.C2H6/c1-4-11-6-8-12(9-7-11)10(3)13-5-2;1-2/h6-9,13H,3-5H2,1-2H3;1-2H3. The second-order valence-electron chi connectivity index (χ2n) is 3.06. The zero-order chi connectivity index (χ0) is 11.7. The number of aryl methyl sites for hydroxylation is 1. The lowest BCUT2D eigenvalue weighted by atomic mass is 10.1. The smallest absolute Gasteiger partial charge is 0.0340 e. The van der Waals surface area contributed by atoms with E-state index in [2.05, 4.69) is 50.0 Å². The van der Waals surface area contributed by atoms with E-state index >= 15 is 0 Å². The summed E-state index contributed by atoms with van der Waals surface area (Å²) in [5.74, 6) is 0. The molecular weight excluding hydrogens is 182 g/mol. The van der Waals surface area contributed by atoms with E-state index in [9.17, 15) is 0 Å². The van der Waals surface area contributed by atoms with Crippen LogP contribution in [0.15, 0.2) is 30.8 Å². The van der Waals surface area contributed by atoms with Crippen molar-refractivity contribution in [3.8, 4) is 0 Å². The molecule has 0 aliphatic heterocycles. The summed E-state index contributed by atoms with van der Waals surface area (Å²) in [6, 6.07) is 8.53. The van der Waals surface area contributed by atoms with Gasteiger partial charge in [-0.25, -0.2) is 0 Å². The molecule has 1 N–H and O–H groups in total. The maximum atomic E-state index is 3.96. The van der Waals surface area contributed by atoms with Gasteiger partial charge in [0.25, 0.3) is 0 Å². The van der Waals surface area contributed by atoms with E-state index in [0.717, 1.165) is 18.7 Å². The molecule has 0 atom stereocenters. The van der Waals surface area contributed by atoms with Crippen molar-refractivity contribution in [1.82, 2.24) is 5.32 Å². The summed E-state index contributed by atoms with van der Waals surface area (Å²) in [7, 11) is 0. The molecule has 84 valence electrons. The van der Waals surface area contributed by atoms with Gasteiger partial charge in [-0.05, 0) is 24.5 Å². The van der Waals surface area contributed by atoms with Crippen LogP contribution in [0.2, 0.25) is 0 Å². The summed E-state index contributed by atoms with van der Waals surface area (Å²) in [6.45, 7) is 13.1. The predicted octanol–water partition coefficient (Wildman–Crippen LogP) is 3.86. The minimum Gasteiger partial charge on any atom is -0.385 e. The molecule has 0 saturated heterocycles. The molecule has 0 bridgehead atoms. The molecule has 1 nitrogen and oxygen atoms in total. The van der Waals surface area contributed by atoms with Crippen molar-refractivity contribution in [2.75, 3.05) is 6.54 Å². The Morgan fingerprint density at radius 3 is 2.07 bits per heavy atom. The van der Waals surface area contributed by atoms with Crippen LogP contribution in [-0.4, -0.2) is 6.54 Å². The quantitative estimate of drug-likeness (QED) is 0.787.